The molecule has 2 rings (SSSR count). The van der Waals surface area contributed by atoms with Crippen LogP contribution in [0.15, 0.2) is 11.1 Å². The van der Waals surface area contributed by atoms with Gasteiger partial charge >= 0.3 is 0 Å². The molecule has 0 unspecified atom stereocenters. The zero-order valence-electron chi connectivity index (χ0n) is 8.62. The second-order valence-electron chi connectivity index (χ2n) is 3.13. The molecule has 2 heterocycles. The first kappa shape index (κ1) is 10.4. The molecular weight excluding hydrogens is 214 g/mol. The Kier molecular flexibility index (Phi) is 2.49. The van der Waals surface area contributed by atoms with Gasteiger partial charge in [0.2, 0.25) is 11.6 Å². The van der Waals surface area contributed by atoms with E-state index in [0.717, 1.165) is 0 Å². The van der Waals surface area contributed by atoms with E-state index in [-0.39, 0.29) is 35.9 Å². The summed E-state index contributed by atoms with van der Waals surface area (Å²) in [6.45, 7) is -0.0533. The lowest BCUT2D eigenvalue weighted by molar-refractivity contribution is 0.0812. The molecule has 0 aliphatic heterocycles. The van der Waals surface area contributed by atoms with Crippen LogP contribution >= 0.6 is 0 Å². The Morgan fingerprint density at radius 3 is 3.06 bits per heavy atom. The fourth-order valence-corrected chi connectivity index (χ4v) is 1.26. The molecule has 8 nitrogen and oxygen atoms in total. The lowest BCUT2D eigenvalue weighted by atomic mass is 10.5. The molecule has 86 valence electrons. The number of imidazole rings is 1. The molecule has 0 saturated carbocycles. The molecule has 0 atom stereocenters. The van der Waals surface area contributed by atoms with Crippen molar-refractivity contribution in [3.8, 4) is 0 Å². The highest BCUT2D eigenvalue weighted by molar-refractivity contribution is 5.70. The van der Waals surface area contributed by atoms with Gasteiger partial charge in [-0.3, -0.25) is 9.36 Å². The average Bonchev–Trinajstić information content (AvgIpc) is 2.66. The van der Waals surface area contributed by atoms with Crippen LogP contribution in [0.1, 0.15) is 0 Å². The smallest absolute Gasteiger partial charge is 0.282 e. The summed E-state index contributed by atoms with van der Waals surface area (Å²) in [5, 5.41) is 8.62. The summed E-state index contributed by atoms with van der Waals surface area (Å²) >= 11 is 0. The summed E-state index contributed by atoms with van der Waals surface area (Å²) in [6, 6.07) is 0. The Bertz CT molecular complexity index is 573. The second-order valence-corrected chi connectivity index (χ2v) is 3.13. The lowest BCUT2D eigenvalue weighted by Gasteiger charge is -2.05. The van der Waals surface area contributed by atoms with Gasteiger partial charge in [0.15, 0.2) is 5.52 Å². The molecule has 2 aromatic rings. The monoisotopic (exact) mass is 225 g/mol. The number of hydrogen-bond acceptors (Lipinski definition) is 6. The Morgan fingerprint density at radius 2 is 2.38 bits per heavy atom. The van der Waals surface area contributed by atoms with Crippen molar-refractivity contribution >= 4 is 17.1 Å². The number of nitrogen functional groups attached to an aromatic ring is 1. The molecule has 16 heavy (non-hydrogen) atoms. The van der Waals surface area contributed by atoms with E-state index in [0.29, 0.717) is 0 Å². The Morgan fingerprint density at radius 1 is 1.62 bits per heavy atom. The minimum atomic E-state index is -0.339. The van der Waals surface area contributed by atoms with Crippen molar-refractivity contribution in [3.63, 3.8) is 0 Å². The fourth-order valence-electron chi connectivity index (χ4n) is 1.26. The van der Waals surface area contributed by atoms with Crippen molar-refractivity contribution in [3.05, 3.63) is 16.7 Å². The third-order valence-corrected chi connectivity index (χ3v) is 2.11. The third-order valence-electron chi connectivity index (χ3n) is 2.11. The maximum Gasteiger partial charge on any atom is 0.282 e. The van der Waals surface area contributed by atoms with Crippen LogP contribution in [0.25, 0.3) is 11.2 Å². The average molecular weight is 225 g/mol. The number of aliphatic hydroxyl groups is 1. The molecule has 0 radical (unpaired) electrons. The number of rotatable bonds is 3. The van der Waals surface area contributed by atoms with Crippen LogP contribution in [0.4, 0.5) is 5.95 Å². The van der Waals surface area contributed by atoms with E-state index in [4.69, 9.17) is 15.7 Å². The van der Waals surface area contributed by atoms with Gasteiger partial charge in [0.1, 0.15) is 12.9 Å². The number of aliphatic hydroxyl groups excluding tert-OH is 1. The molecule has 0 aliphatic rings. The number of nitrogens with zero attached hydrogens (tertiary/aromatic N) is 4. The highest BCUT2D eigenvalue weighted by Gasteiger charge is 2.12. The zero-order chi connectivity index (χ0) is 11.7. The van der Waals surface area contributed by atoms with Crippen LogP contribution in [-0.2, 0) is 7.05 Å². The standard InChI is InChI=1S/C8H11N5O3/c1-12-7(15)5-6(11-8(12)9)13(4-10-5)16-3-2-14/h4,14H,2-3H2,1H3,(H2,9,11). The molecule has 8 heteroatoms. The first-order valence-corrected chi connectivity index (χ1v) is 4.59. The Hall–Kier alpha value is -2.09. The van der Waals surface area contributed by atoms with Crippen LogP contribution in [0.3, 0.4) is 0 Å². The van der Waals surface area contributed by atoms with E-state index in [2.05, 4.69) is 9.97 Å². The van der Waals surface area contributed by atoms with Crippen molar-refractivity contribution in [1.82, 2.24) is 19.3 Å². The largest absolute Gasteiger partial charge is 0.408 e. The number of hydrogen-bond donors (Lipinski definition) is 2. The van der Waals surface area contributed by atoms with Gasteiger partial charge in [0.05, 0.1) is 6.61 Å². The predicted molar refractivity (Wildman–Crippen MR) is 55.7 cm³/mol. The van der Waals surface area contributed by atoms with Crippen LogP contribution < -0.4 is 16.1 Å². The molecule has 0 amide bonds. The molecule has 2 aromatic heterocycles. The maximum absolute atomic E-state index is 11.7. The van der Waals surface area contributed by atoms with E-state index in [1.165, 1.54) is 22.7 Å². The predicted octanol–water partition coefficient (Wildman–Crippen LogP) is -1.87. The Balaban J connectivity index is 2.60. The summed E-state index contributed by atoms with van der Waals surface area (Å²) in [5.74, 6) is 0.0758. The quantitative estimate of drug-likeness (QED) is 0.633. The van der Waals surface area contributed by atoms with Gasteiger partial charge in [-0.25, -0.2) is 4.98 Å². The lowest BCUT2D eigenvalue weighted by Crippen LogP contribution is -2.23. The minimum Gasteiger partial charge on any atom is -0.408 e. The van der Waals surface area contributed by atoms with Crippen molar-refractivity contribution in [2.45, 2.75) is 0 Å². The highest BCUT2D eigenvalue weighted by atomic mass is 16.7. The van der Waals surface area contributed by atoms with Crippen molar-refractivity contribution in [1.29, 1.82) is 0 Å². The number of aromatic nitrogens is 4. The van der Waals surface area contributed by atoms with Crippen LogP contribution in [0, 0.1) is 0 Å². The summed E-state index contributed by atoms with van der Waals surface area (Å²) in [4.78, 5) is 24.7. The molecule has 0 aliphatic carbocycles. The third kappa shape index (κ3) is 1.48. The van der Waals surface area contributed by atoms with Crippen LogP contribution in [0.5, 0.6) is 0 Å². The van der Waals surface area contributed by atoms with Gasteiger partial charge in [-0.05, 0) is 0 Å². The molecule has 0 bridgehead atoms. The number of fused-ring (bicyclic) bond motifs is 1. The number of anilines is 1. The molecule has 0 spiro atoms. The second kappa shape index (κ2) is 3.81. The summed E-state index contributed by atoms with van der Waals surface area (Å²) in [6.07, 6.45) is 1.31. The van der Waals surface area contributed by atoms with Gasteiger partial charge in [0, 0.05) is 7.05 Å². The van der Waals surface area contributed by atoms with E-state index in [1.807, 2.05) is 0 Å². The van der Waals surface area contributed by atoms with Crippen LogP contribution in [-0.4, -0.2) is 37.6 Å². The van der Waals surface area contributed by atoms with Crippen molar-refractivity contribution in [2.75, 3.05) is 18.9 Å². The van der Waals surface area contributed by atoms with E-state index < -0.39 is 0 Å². The molecule has 0 aromatic carbocycles. The topological polar surface area (TPSA) is 108 Å². The van der Waals surface area contributed by atoms with E-state index >= 15 is 0 Å². The number of nitrogens with two attached hydrogens (primary N) is 1. The summed E-state index contributed by atoms with van der Waals surface area (Å²) in [7, 11) is 1.51. The van der Waals surface area contributed by atoms with Gasteiger partial charge < -0.3 is 15.7 Å². The normalized spacial score (nSPS) is 10.9. The Labute approximate surface area is 89.9 Å². The van der Waals surface area contributed by atoms with Gasteiger partial charge in [-0.2, -0.15) is 9.71 Å². The van der Waals surface area contributed by atoms with Crippen LogP contribution in [0.2, 0.25) is 0 Å². The molecule has 3 N–H and O–H groups in total. The molecular formula is C8H11N5O3. The SMILES string of the molecule is Cn1c(N)nc2c(ncn2OCCO)c1=O. The fraction of sp³-hybridized carbons (Fsp3) is 0.375. The minimum absolute atomic E-state index is 0.0758. The van der Waals surface area contributed by atoms with Crippen molar-refractivity contribution in [2.24, 2.45) is 7.05 Å². The molecule has 0 fully saturated rings. The van der Waals surface area contributed by atoms with E-state index in [1.54, 1.807) is 0 Å². The zero-order valence-corrected chi connectivity index (χ0v) is 8.62. The first-order valence-electron chi connectivity index (χ1n) is 4.59. The van der Waals surface area contributed by atoms with Gasteiger partial charge in [-0.15, -0.1) is 0 Å². The maximum atomic E-state index is 11.7. The van der Waals surface area contributed by atoms with Crippen molar-refractivity contribution < 1.29 is 9.94 Å². The summed E-state index contributed by atoms with van der Waals surface area (Å²) < 4.78 is 2.41. The highest BCUT2D eigenvalue weighted by Crippen LogP contribution is 2.05. The van der Waals surface area contributed by atoms with E-state index in [9.17, 15) is 4.79 Å². The summed E-state index contributed by atoms with van der Waals surface area (Å²) in [5.41, 5.74) is 5.63. The van der Waals surface area contributed by atoms with Gasteiger partial charge in [-0.1, -0.05) is 0 Å². The van der Waals surface area contributed by atoms with Gasteiger partial charge in [0.25, 0.3) is 5.56 Å². The first-order chi connectivity index (χ1) is 7.65. The molecule has 0 saturated heterocycles.